The van der Waals surface area contributed by atoms with E-state index in [0.717, 1.165) is 24.1 Å². The third-order valence-electron chi connectivity index (χ3n) is 4.33. The second-order valence-corrected chi connectivity index (χ2v) is 7.03. The van der Waals surface area contributed by atoms with Gasteiger partial charge in [-0.3, -0.25) is 14.4 Å². The Morgan fingerprint density at radius 3 is 2.56 bits per heavy atom. The molecule has 1 aliphatic rings. The molecule has 8 heteroatoms. The van der Waals surface area contributed by atoms with Crippen molar-refractivity contribution in [1.82, 2.24) is 15.5 Å². The maximum atomic E-state index is 12.0. The van der Waals surface area contributed by atoms with Crippen molar-refractivity contribution in [1.29, 1.82) is 0 Å². The Kier molecular flexibility index (Phi) is 6.28. The molecule has 1 aromatic carbocycles. The summed E-state index contributed by atoms with van der Waals surface area (Å²) in [5.41, 5.74) is 1.96. The Hall–Kier alpha value is -2.61. The van der Waals surface area contributed by atoms with Gasteiger partial charge in [0.05, 0.1) is 6.54 Å². The van der Waals surface area contributed by atoms with Gasteiger partial charge in [-0.2, -0.15) is 0 Å². The highest BCUT2D eigenvalue weighted by atomic mass is 79.9. The van der Waals surface area contributed by atoms with E-state index in [4.69, 9.17) is 4.42 Å². The fourth-order valence-corrected chi connectivity index (χ4v) is 3.21. The second-order valence-electron chi connectivity index (χ2n) is 6.25. The van der Waals surface area contributed by atoms with Crippen molar-refractivity contribution in [2.75, 3.05) is 13.1 Å². The molecule has 3 amide bonds. The molecule has 2 N–H and O–H groups in total. The summed E-state index contributed by atoms with van der Waals surface area (Å²) in [6, 6.07) is 10.8. The van der Waals surface area contributed by atoms with Crippen LogP contribution in [0.15, 0.2) is 45.5 Å². The van der Waals surface area contributed by atoms with Crippen LogP contribution >= 0.6 is 15.9 Å². The molecule has 2 aromatic rings. The number of hydrogen-bond donors (Lipinski definition) is 2. The summed E-state index contributed by atoms with van der Waals surface area (Å²) in [7, 11) is 0. The molecule has 1 saturated heterocycles. The average Bonchev–Trinajstić information content (AvgIpc) is 3.27. The van der Waals surface area contributed by atoms with Crippen LogP contribution in [0, 0.1) is 0 Å². The largest absolute Gasteiger partial charge is 0.444 e. The Labute approximate surface area is 165 Å². The summed E-state index contributed by atoms with van der Waals surface area (Å²) >= 11 is 3.12. The van der Waals surface area contributed by atoms with Crippen molar-refractivity contribution >= 4 is 33.7 Å². The van der Waals surface area contributed by atoms with E-state index in [9.17, 15) is 14.4 Å². The van der Waals surface area contributed by atoms with Crippen molar-refractivity contribution in [3.8, 4) is 0 Å². The predicted molar refractivity (Wildman–Crippen MR) is 102 cm³/mol. The zero-order chi connectivity index (χ0) is 19.2. The standard InChI is InChI=1S/C19H20BrN3O4/c20-16-8-7-15(27-16)19(26)22-11-17(24)21-10-13-4-1-2-5-14(13)12-23-9-3-6-18(23)25/h1-2,4-5,7-8H,3,6,9-12H2,(H,21,24)(H,22,26). The molecule has 1 aliphatic heterocycles. The number of furan rings is 1. The quantitative estimate of drug-likeness (QED) is 0.699. The lowest BCUT2D eigenvalue weighted by Crippen LogP contribution is -2.36. The minimum absolute atomic E-state index is 0.135. The van der Waals surface area contributed by atoms with Crippen molar-refractivity contribution in [3.63, 3.8) is 0 Å². The highest BCUT2D eigenvalue weighted by Gasteiger charge is 2.21. The van der Waals surface area contributed by atoms with Crippen LogP contribution in [0.5, 0.6) is 0 Å². The van der Waals surface area contributed by atoms with Crippen LogP contribution in [0.4, 0.5) is 0 Å². The van der Waals surface area contributed by atoms with Crippen LogP contribution in [0.2, 0.25) is 0 Å². The van der Waals surface area contributed by atoms with E-state index in [1.165, 1.54) is 6.07 Å². The van der Waals surface area contributed by atoms with E-state index in [1.54, 1.807) is 6.07 Å². The lowest BCUT2D eigenvalue weighted by atomic mass is 10.1. The minimum atomic E-state index is -0.455. The number of amides is 3. The second kappa shape index (κ2) is 8.85. The Balaban J connectivity index is 1.50. The molecule has 0 spiro atoms. The summed E-state index contributed by atoms with van der Waals surface area (Å²) in [5, 5.41) is 5.30. The number of carbonyl (C=O) groups excluding carboxylic acids is 3. The van der Waals surface area contributed by atoms with Crippen molar-refractivity contribution in [2.45, 2.75) is 25.9 Å². The summed E-state index contributed by atoms with van der Waals surface area (Å²) in [5.74, 6) is -0.457. The Morgan fingerprint density at radius 2 is 1.89 bits per heavy atom. The van der Waals surface area contributed by atoms with Gasteiger partial charge in [0.25, 0.3) is 5.91 Å². The molecule has 142 valence electrons. The highest BCUT2D eigenvalue weighted by molar-refractivity contribution is 9.10. The first kappa shape index (κ1) is 19.2. The smallest absolute Gasteiger partial charge is 0.287 e. The molecule has 0 aliphatic carbocycles. The van der Waals surface area contributed by atoms with Gasteiger partial charge in [-0.25, -0.2) is 0 Å². The van der Waals surface area contributed by atoms with E-state index in [-0.39, 0.29) is 24.1 Å². The molecule has 2 heterocycles. The molecule has 1 fully saturated rings. The number of carbonyl (C=O) groups is 3. The molecule has 0 radical (unpaired) electrons. The van der Waals surface area contributed by atoms with Crippen LogP contribution in [0.3, 0.4) is 0 Å². The maximum absolute atomic E-state index is 12.0. The molecular formula is C19H20BrN3O4. The predicted octanol–water partition coefficient (Wildman–Crippen LogP) is 2.21. The first-order valence-corrected chi connectivity index (χ1v) is 9.47. The molecule has 0 saturated carbocycles. The van der Waals surface area contributed by atoms with Gasteiger partial charge in [0.15, 0.2) is 10.4 Å². The monoisotopic (exact) mass is 433 g/mol. The molecule has 0 unspecified atom stereocenters. The molecule has 0 bridgehead atoms. The molecule has 0 atom stereocenters. The topological polar surface area (TPSA) is 91.7 Å². The summed E-state index contributed by atoms with van der Waals surface area (Å²) in [4.78, 5) is 37.6. The van der Waals surface area contributed by atoms with Gasteiger partial charge in [0.1, 0.15) is 0 Å². The Morgan fingerprint density at radius 1 is 1.11 bits per heavy atom. The number of likely N-dealkylation sites (tertiary alicyclic amines) is 1. The number of hydrogen-bond acceptors (Lipinski definition) is 4. The number of benzene rings is 1. The van der Waals surface area contributed by atoms with Crippen LogP contribution in [0.1, 0.15) is 34.5 Å². The van der Waals surface area contributed by atoms with E-state index in [1.807, 2.05) is 29.2 Å². The highest BCUT2D eigenvalue weighted by Crippen LogP contribution is 2.17. The molecule has 1 aromatic heterocycles. The van der Waals surface area contributed by atoms with Gasteiger partial charge in [-0.05, 0) is 45.6 Å². The van der Waals surface area contributed by atoms with E-state index >= 15 is 0 Å². The van der Waals surface area contributed by atoms with Crippen molar-refractivity contribution < 1.29 is 18.8 Å². The van der Waals surface area contributed by atoms with Gasteiger partial charge >= 0.3 is 0 Å². The zero-order valence-electron chi connectivity index (χ0n) is 14.7. The fourth-order valence-electron chi connectivity index (χ4n) is 2.90. The summed E-state index contributed by atoms with van der Waals surface area (Å²) in [6.45, 7) is 1.51. The van der Waals surface area contributed by atoms with Crippen LogP contribution in [-0.2, 0) is 22.7 Å². The van der Waals surface area contributed by atoms with E-state index in [0.29, 0.717) is 24.2 Å². The SMILES string of the molecule is O=C(CNC(=O)c1ccc(Br)o1)NCc1ccccc1CN1CCCC1=O. The first-order valence-electron chi connectivity index (χ1n) is 8.68. The number of nitrogens with one attached hydrogen (secondary N) is 2. The van der Waals surface area contributed by atoms with Crippen LogP contribution in [-0.4, -0.2) is 35.7 Å². The van der Waals surface area contributed by atoms with E-state index in [2.05, 4.69) is 26.6 Å². The molecule has 7 nitrogen and oxygen atoms in total. The summed E-state index contributed by atoms with van der Waals surface area (Å²) in [6.07, 6.45) is 1.49. The van der Waals surface area contributed by atoms with E-state index < -0.39 is 5.91 Å². The fraction of sp³-hybridized carbons (Fsp3) is 0.316. The minimum Gasteiger partial charge on any atom is -0.444 e. The van der Waals surface area contributed by atoms with Gasteiger partial charge in [0.2, 0.25) is 11.8 Å². The van der Waals surface area contributed by atoms with Crippen molar-refractivity contribution in [3.05, 3.63) is 58.0 Å². The molecule has 27 heavy (non-hydrogen) atoms. The maximum Gasteiger partial charge on any atom is 0.287 e. The van der Waals surface area contributed by atoms with Crippen molar-refractivity contribution in [2.24, 2.45) is 0 Å². The average molecular weight is 434 g/mol. The number of nitrogens with zero attached hydrogens (tertiary/aromatic N) is 1. The normalized spacial score (nSPS) is 13.7. The van der Waals surface area contributed by atoms with Crippen LogP contribution < -0.4 is 10.6 Å². The number of halogens is 1. The van der Waals surface area contributed by atoms with Gasteiger partial charge < -0.3 is 20.0 Å². The van der Waals surface area contributed by atoms with Gasteiger partial charge in [-0.15, -0.1) is 0 Å². The lowest BCUT2D eigenvalue weighted by molar-refractivity contribution is -0.128. The summed E-state index contributed by atoms with van der Waals surface area (Å²) < 4.78 is 5.58. The number of rotatable bonds is 7. The lowest BCUT2D eigenvalue weighted by Gasteiger charge is -2.18. The van der Waals surface area contributed by atoms with Gasteiger partial charge in [0, 0.05) is 26.1 Å². The molecular weight excluding hydrogens is 414 g/mol. The van der Waals surface area contributed by atoms with Gasteiger partial charge in [-0.1, -0.05) is 24.3 Å². The molecule has 3 rings (SSSR count). The Bertz CT molecular complexity index is 849. The first-order chi connectivity index (χ1) is 13.0. The zero-order valence-corrected chi connectivity index (χ0v) is 16.3. The third-order valence-corrected chi connectivity index (χ3v) is 4.76. The van der Waals surface area contributed by atoms with Crippen LogP contribution in [0.25, 0.3) is 0 Å². The third kappa shape index (κ3) is 5.19.